The maximum absolute atomic E-state index is 12.1. The number of carbonyl (C=O) groups is 1. The Morgan fingerprint density at radius 3 is 2.89 bits per heavy atom. The molecule has 4 heteroatoms. The Morgan fingerprint density at radius 1 is 1.39 bits per heavy atom. The molecular weight excluding hydrogens is 246 g/mol. The first-order chi connectivity index (χ1) is 8.83. The first kappa shape index (κ1) is 12.1. The molecule has 0 saturated carbocycles. The van der Waals surface area contributed by atoms with E-state index in [1.807, 2.05) is 23.1 Å². The number of hydrogen-bond donors (Lipinski definition) is 0. The topological polar surface area (TPSA) is 29.5 Å². The minimum absolute atomic E-state index is 0.270. The average molecular weight is 263 g/mol. The zero-order valence-corrected chi connectivity index (χ0v) is 11.1. The molecule has 2 atom stereocenters. The molecule has 18 heavy (non-hydrogen) atoms. The number of ether oxygens (including phenoxy) is 1. The van der Waals surface area contributed by atoms with Gasteiger partial charge in [-0.1, -0.05) is 30.3 Å². The molecule has 2 aliphatic heterocycles. The summed E-state index contributed by atoms with van der Waals surface area (Å²) in [7, 11) is 0. The van der Waals surface area contributed by atoms with Gasteiger partial charge in [-0.15, -0.1) is 11.8 Å². The molecule has 96 valence electrons. The lowest BCUT2D eigenvalue weighted by Crippen LogP contribution is -2.42. The molecule has 1 aromatic rings. The van der Waals surface area contributed by atoms with Crippen LogP contribution < -0.4 is 0 Å². The Balaban J connectivity index is 1.45. The predicted molar refractivity (Wildman–Crippen MR) is 72.5 cm³/mol. The summed E-state index contributed by atoms with van der Waals surface area (Å²) in [5.41, 5.74) is 1.28. The van der Waals surface area contributed by atoms with E-state index in [0.717, 1.165) is 25.3 Å². The second kappa shape index (κ2) is 5.33. The van der Waals surface area contributed by atoms with Crippen molar-refractivity contribution >= 4 is 17.7 Å². The van der Waals surface area contributed by atoms with Gasteiger partial charge in [0.15, 0.2) is 0 Å². The van der Waals surface area contributed by atoms with E-state index in [1.165, 1.54) is 5.56 Å². The molecule has 3 nitrogen and oxygen atoms in total. The summed E-state index contributed by atoms with van der Waals surface area (Å²) in [6.45, 7) is 1.54. The Bertz CT molecular complexity index is 423. The van der Waals surface area contributed by atoms with E-state index in [0.29, 0.717) is 17.9 Å². The highest BCUT2D eigenvalue weighted by atomic mass is 32.2. The molecule has 0 radical (unpaired) electrons. The maximum atomic E-state index is 12.1. The third-order valence-electron chi connectivity index (χ3n) is 3.56. The van der Waals surface area contributed by atoms with Crippen molar-refractivity contribution in [1.82, 2.24) is 4.90 Å². The third-order valence-corrected chi connectivity index (χ3v) is 4.55. The van der Waals surface area contributed by atoms with E-state index >= 15 is 0 Å². The van der Waals surface area contributed by atoms with Gasteiger partial charge in [-0.25, -0.2) is 0 Å². The smallest absolute Gasteiger partial charge is 0.232 e. The highest BCUT2D eigenvalue weighted by Gasteiger charge is 2.40. The molecular formula is C14H17NO2S. The van der Waals surface area contributed by atoms with Crippen LogP contribution in [0.4, 0.5) is 0 Å². The number of carbonyl (C=O) groups excluding carboxylic acids is 1. The standard InChI is InChI=1S/C14H17NO2S/c16-14(15-7-13-6-12(15)8-17-13)10-18-9-11-4-2-1-3-5-11/h1-5,12-13H,6-10H2/t12-,13+/m0/s1. The normalized spacial score (nSPS) is 25.7. The number of fused-ring (bicyclic) bond motifs is 2. The van der Waals surface area contributed by atoms with Gasteiger partial charge < -0.3 is 9.64 Å². The van der Waals surface area contributed by atoms with Gasteiger partial charge in [0.2, 0.25) is 5.91 Å². The van der Waals surface area contributed by atoms with Crippen LogP contribution in [0.2, 0.25) is 0 Å². The van der Waals surface area contributed by atoms with Crippen molar-refractivity contribution in [3.8, 4) is 0 Å². The van der Waals surface area contributed by atoms with Gasteiger partial charge >= 0.3 is 0 Å². The summed E-state index contributed by atoms with van der Waals surface area (Å²) < 4.78 is 5.51. The van der Waals surface area contributed by atoms with Gasteiger partial charge in [-0.3, -0.25) is 4.79 Å². The van der Waals surface area contributed by atoms with Crippen LogP contribution in [0.3, 0.4) is 0 Å². The Hall–Kier alpha value is -1.00. The number of benzene rings is 1. The Labute approximate surface area is 111 Å². The highest BCUT2D eigenvalue weighted by molar-refractivity contribution is 7.99. The first-order valence-electron chi connectivity index (χ1n) is 6.35. The number of morpholine rings is 1. The zero-order valence-electron chi connectivity index (χ0n) is 10.2. The summed E-state index contributed by atoms with van der Waals surface area (Å²) in [5.74, 6) is 1.76. The number of thioether (sulfide) groups is 1. The van der Waals surface area contributed by atoms with Crippen molar-refractivity contribution in [2.24, 2.45) is 0 Å². The van der Waals surface area contributed by atoms with Crippen molar-refractivity contribution in [3.63, 3.8) is 0 Å². The number of nitrogens with zero attached hydrogens (tertiary/aromatic N) is 1. The molecule has 2 heterocycles. The molecule has 0 aliphatic carbocycles. The third kappa shape index (κ3) is 2.54. The first-order valence-corrected chi connectivity index (χ1v) is 7.51. The fraction of sp³-hybridized carbons (Fsp3) is 0.500. The molecule has 0 aromatic heterocycles. The van der Waals surface area contributed by atoms with Gasteiger partial charge in [0.25, 0.3) is 0 Å². The number of hydrogen-bond acceptors (Lipinski definition) is 3. The summed E-state index contributed by atoms with van der Waals surface area (Å²) in [6, 6.07) is 10.6. The van der Waals surface area contributed by atoms with E-state index in [4.69, 9.17) is 4.74 Å². The summed E-state index contributed by atoms with van der Waals surface area (Å²) >= 11 is 1.70. The molecule has 0 N–H and O–H groups in total. The molecule has 2 aliphatic rings. The monoisotopic (exact) mass is 263 g/mol. The summed E-state index contributed by atoms with van der Waals surface area (Å²) in [5, 5.41) is 0. The second-order valence-electron chi connectivity index (χ2n) is 4.87. The van der Waals surface area contributed by atoms with Crippen LogP contribution in [0, 0.1) is 0 Å². The SMILES string of the molecule is O=C(CSCc1ccccc1)N1C[C@H]2C[C@H]1CO2. The highest BCUT2D eigenvalue weighted by Crippen LogP contribution is 2.28. The van der Waals surface area contributed by atoms with Crippen molar-refractivity contribution < 1.29 is 9.53 Å². The van der Waals surface area contributed by atoms with E-state index in [9.17, 15) is 4.79 Å². The fourth-order valence-electron chi connectivity index (χ4n) is 2.62. The predicted octanol–water partition coefficient (Wildman–Crippen LogP) is 1.92. The summed E-state index contributed by atoms with van der Waals surface area (Å²) in [6.07, 6.45) is 1.34. The van der Waals surface area contributed by atoms with Crippen molar-refractivity contribution in [2.75, 3.05) is 18.9 Å². The van der Waals surface area contributed by atoms with Crippen LogP contribution in [0.25, 0.3) is 0 Å². The number of likely N-dealkylation sites (tertiary alicyclic amines) is 1. The lowest BCUT2D eigenvalue weighted by molar-refractivity contribution is -0.132. The van der Waals surface area contributed by atoms with Crippen molar-refractivity contribution in [2.45, 2.75) is 24.3 Å². The lowest BCUT2D eigenvalue weighted by Gasteiger charge is -2.26. The van der Waals surface area contributed by atoms with Gasteiger partial charge in [0, 0.05) is 12.3 Å². The van der Waals surface area contributed by atoms with Crippen LogP contribution in [0.5, 0.6) is 0 Å². The number of amides is 1. The lowest BCUT2D eigenvalue weighted by atomic mass is 10.2. The van der Waals surface area contributed by atoms with E-state index in [-0.39, 0.29) is 5.91 Å². The molecule has 2 bridgehead atoms. The quantitative estimate of drug-likeness (QED) is 0.831. The van der Waals surface area contributed by atoms with Gasteiger partial charge in [-0.05, 0) is 12.0 Å². The molecule has 0 unspecified atom stereocenters. The zero-order chi connectivity index (χ0) is 12.4. The Morgan fingerprint density at radius 2 is 2.22 bits per heavy atom. The Kier molecular flexibility index (Phi) is 3.57. The molecule has 3 rings (SSSR count). The van der Waals surface area contributed by atoms with Crippen LogP contribution in [0.15, 0.2) is 30.3 Å². The van der Waals surface area contributed by atoms with Crippen LogP contribution >= 0.6 is 11.8 Å². The number of rotatable bonds is 4. The molecule has 1 amide bonds. The van der Waals surface area contributed by atoms with Gasteiger partial charge in [0.1, 0.15) is 0 Å². The summed E-state index contributed by atoms with van der Waals surface area (Å²) in [4.78, 5) is 14.1. The van der Waals surface area contributed by atoms with E-state index in [1.54, 1.807) is 11.8 Å². The molecule has 0 spiro atoms. The van der Waals surface area contributed by atoms with Gasteiger partial charge in [0.05, 0.1) is 24.5 Å². The fourth-order valence-corrected chi connectivity index (χ4v) is 3.49. The van der Waals surface area contributed by atoms with Crippen LogP contribution in [-0.2, 0) is 15.3 Å². The average Bonchev–Trinajstić information content (AvgIpc) is 3.02. The van der Waals surface area contributed by atoms with Crippen LogP contribution in [0.1, 0.15) is 12.0 Å². The molecule has 2 fully saturated rings. The van der Waals surface area contributed by atoms with Gasteiger partial charge in [-0.2, -0.15) is 0 Å². The molecule has 2 saturated heterocycles. The van der Waals surface area contributed by atoms with Crippen LogP contribution in [-0.4, -0.2) is 41.9 Å². The van der Waals surface area contributed by atoms with Crippen molar-refractivity contribution in [3.05, 3.63) is 35.9 Å². The van der Waals surface area contributed by atoms with E-state index in [2.05, 4.69) is 12.1 Å². The second-order valence-corrected chi connectivity index (χ2v) is 5.85. The van der Waals surface area contributed by atoms with Crippen molar-refractivity contribution in [1.29, 1.82) is 0 Å². The molecule has 1 aromatic carbocycles. The van der Waals surface area contributed by atoms with E-state index < -0.39 is 0 Å². The maximum Gasteiger partial charge on any atom is 0.232 e. The minimum atomic E-state index is 0.270. The minimum Gasteiger partial charge on any atom is -0.374 e. The largest absolute Gasteiger partial charge is 0.374 e.